The summed E-state index contributed by atoms with van der Waals surface area (Å²) in [5.41, 5.74) is 1.29. The van der Waals surface area contributed by atoms with E-state index in [9.17, 15) is 4.79 Å². The third-order valence-corrected chi connectivity index (χ3v) is 5.04. The van der Waals surface area contributed by atoms with Crippen molar-refractivity contribution in [3.8, 4) is 10.9 Å². The van der Waals surface area contributed by atoms with Crippen LogP contribution in [0.3, 0.4) is 0 Å². The van der Waals surface area contributed by atoms with E-state index in [2.05, 4.69) is 43.5 Å². The molecule has 108 valence electrons. The summed E-state index contributed by atoms with van der Waals surface area (Å²) in [6.45, 7) is 2.46. The zero-order valence-corrected chi connectivity index (χ0v) is 15.5. The van der Waals surface area contributed by atoms with E-state index in [-0.39, 0.29) is 5.56 Å². The Balaban J connectivity index is 2.30. The van der Waals surface area contributed by atoms with Crippen LogP contribution in [0.5, 0.6) is 5.19 Å². The third kappa shape index (κ3) is 2.86. The van der Waals surface area contributed by atoms with Gasteiger partial charge >= 0.3 is 0 Å². The van der Waals surface area contributed by atoms with Crippen molar-refractivity contribution in [1.82, 2.24) is 9.55 Å². The van der Waals surface area contributed by atoms with Gasteiger partial charge in [0.25, 0.3) is 10.8 Å². The van der Waals surface area contributed by atoms with Gasteiger partial charge in [0.1, 0.15) is 0 Å². The number of benzene rings is 1. The van der Waals surface area contributed by atoms with Crippen LogP contribution in [-0.4, -0.2) is 16.2 Å². The van der Waals surface area contributed by atoms with Crippen LogP contribution in [0.1, 0.15) is 6.92 Å². The van der Waals surface area contributed by atoms with E-state index in [0.717, 1.165) is 14.0 Å². The minimum atomic E-state index is -0.128. The van der Waals surface area contributed by atoms with Crippen LogP contribution in [0.2, 0.25) is 0 Å². The Morgan fingerprint density at radius 1 is 1.38 bits per heavy atom. The van der Waals surface area contributed by atoms with E-state index in [4.69, 9.17) is 4.74 Å². The highest BCUT2D eigenvalue weighted by Crippen LogP contribution is 2.30. The number of hydrogen-bond acceptors (Lipinski definition) is 4. The molecule has 0 saturated carbocycles. The lowest BCUT2D eigenvalue weighted by molar-refractivity contribution is 0.339. The first-order valence-electron chi connectivity index (χ1n) is 6.21. The van der Waals surface area contributed by atoms with Crippen LogP contribution in [0, 0.1) is 3.57 Å². The SMILES string of the molecule is CCOc1nc2c(cc(Br)c(=O)n2-c2ccc(I)cc2)s1. The summed E-state index contributed by atoms with van der Waals surface area (Å²) in [5, 5.41) is 0.573. The van der Waals surface area contributed by atoms with Gasteiger partial charge in [-0.3, -0.25) is 9.36 Å². The van der Waals surface area contributed by atoms with Gasteiger partial charge in [0, 0.05) is 3.57 Å². The highest BCUT2D eigenvalue weighted by atomic mass is 127. The molecule has 0 fully saturated rings. The monoisotopic (exact) mass is 476 g/mol. The van der Waals surface area contributed by atoms with Crippen LogP contribution < -0.4 is 10.3 Å². The zero-order chi connectivity index (χ0) is 15.0. The highest BCUT2D eigenvalue weighted by Gasteiger charge is 2.14. The summed E-state index contributed by atoms with van der Waals surface area (Å²) in [6, 6.07) is 9.54. The summed E-state index contributed by atoms with van der Waals surface area (Å²) >= 11 is 7.00. The molecule has 0 saturated heterocycles. The van der Waals surface area contributed by atoms with Crippen LogP contribution in [0.25, 0.3) is 16.0 Å². The Hall–Kier alpha value is -0.930. The van der Waals surface area contributed by atoms with E-state index in [1.807, 2.05) is 31.2 Å². The standard InChI is InChI=1S/C14H10BrIN2O2S/c1-2-20-14-17-12-11(21-14)7-10(15)13(19)18(12)9-5-3-8(16)4-6-9/h3-7H,2H2,1H3. The summed E-state index contributed by atoms with van der Waals surface area (Å²) in [6.07, 6.45) is 0. The first-order chi connectivity index (χ1) is 10.1. The van der Waals surface area contributed by atoms with Gasteiger partial charge in [-0.15, -0.1) is 0 Å². The topological polar surface area (TPSA) is 44.1 Å². The number of nitrogens with zero attached hydrogens (tertiary/aromatic N) is 2. The number of pyridine rings is 1. The van der Waals surface area contributed by atoms with Crippen LogP contribution >= 0.6 is 49.9 Å². The second-order valence-electron chi connectivity index (χ2n) is 4.21. The average Bonchev–Trinajstić information content (AvgIpc) is 2.84. The van der Waals surface area contributed by atoms with Crippen molar-refractivity contribution >= 4 is 60.2 Å². The second kappa shape index (κ2) is 6.05. The van der Waals surface area contributed by atoms with Gasteiger partial charge in [0.15, 0.2) is 5.65 Å². The van der Waals surface area contributed by atoms with Crippen molar-refractivity contribution in [3.05, 3.63) is 48.7 Å². The molecule has 0 aliphatic heterocycles. The van der Waals surface area contributed by atoms with E-state index in [0.29, 0.717) is 21.9 Å². The van der Waals surface area contributed by atoms with E-state index in [1.165, 1.54) is 11.3 Å². The largest absolute Gasteiger partial charge is 0.470 e. The molecule has 1 aromatic carbocycles. The minimum absolute atomic E-state index is 0.128. The number of aromatic nitrogens is 2. The number of fused-ring (bicyclic) bond motifs is 1. The smallest absolute Gasteiger partial charge is 0.275 e. The molecule has 0 spiro atoms. The van der Waals surface area contributed by atoms with E-state index < -0.39 is 0 Å². The number of ether oxygens (including phenoxy) is 1. The van der Waals surface area contributed by atoms with Crippen molar-refractivity contribution in [1.29, 1.82) is 0 Å². The molecule has 21 heavy (non-hydrogen) atoms. The summed E-state index contributed by atoms with van der Waals surface area (Å²) in [5.74, 6) is 0. The Morgan fingerprint density at radius 3 is 2.76 bits per heavy atom. The molecule has 7 heteroatoms. The molecular formula is C14H10BrIN2O2S. The molecule has 0 bridgehead atoms. The average molecular weight is 477 g/mol. The van der Waals surface area contributed by atoms with E-state index in [1.54, 1.807) is 10.6 Å². The van der Waals surface area contributed by atoms with Gasteiger partial charge in [-0.2, -0.15) is 4.98 Å². The Kier molecular flexibility index (Phi) is 4.32. The molecule has 0 aliphatic rings. The second-order valence-corrected chi connectivity index (χ2v) is 7.30. The van der Waals surface area contributed by atoms with Gasteiger partial charge in [0.2, 0.25) is 0 Å². The maximum atomic E-state index is 12.5. The molecule has 3 rings (SSSR count). The molecule has 0 aliphatic carbocycles. The highest BCUT2D eigenvalue weighted by molar-refractivity contribution is 14.1. The predicted molar refractivity (Wildman–Crippen MR) is 96.8 cm³/mol. The third-order valence-electron chi connectivity index (χ3n) is 2.84. The van der Waals surface area contributed by atoms with Crippen molar-refractivity contribution in [3.63, 3.8) is 0 Å². The Labute approximate surface area is 147 Å². The van der Waals surface area contributed by atoms with Gasteiger partial charge < -0.3 is 4.74 Å². The molecule has 0 N–H and O–H groups in total. The predicted octanol–water partition coefficient (Wildman–Crippen LogP) is 4.21. The van der Waals surface area contributed by atoms with Gasteiger partial charge in [-0.05, 0) is 75.8 Å². The van der Waals surface area contributed by atoms with Gasteiger partial charge in [-0.1, -0.05) is 11.3 Å². The fourth-order valence-electron chi connectivity index (χ4n) is 1.95. The van der Waals surface area contributed by atoms with Crippen LogP contribution in [-0.2, 0) is 0 Å². The lowest BCUT2D eigenvalue weighted by atomic mass is 10.3. The molecule has 3 aromatic rings. The zero-order valence-electron chi connectivity index (χ0n) is 11.0. The van der Waals surface area contributed by atoms with Crippen molar-refractivity contribution < 1.29 is 4.74 Å². The quantitative estimate of drug-likeness (QED) is 0.532. The first kappa shape index (κ1) is 15.0. The molecule has 2 heterocycles. The minimum Gasteiger partial charge on any atom is -0.470 e. The number of halogens is 2. The lowest BCUT2D eigenvalue weighted by Gasteiger charge is -2.07. The number of thiazole rings is 1. The first-order valence-corrected chi connectivity index (χ1v) is 8.90. The van der Waals surface area contributed by atoms with Crippen molar-refractivity contribution in [2.75, 3.05) is 6.61 Å². The Bertz CT molecular complexity index is 858. The molecule has 2 aromatic heterocycles. The summed E-state index contributed by atoms with van der Waals surface area (Å²) < 4.78 is 9.60. The number of rotatable bonds is 3. The number of hydrogen-bond donors (Lipinski definition) is 0. The lowest BCUT2D eigenvalue weighted by Crippen LogP contribution is -2.19. The summed E-state index contributed by atoms with van der Waals surface area (Å²) in [4.78, 5) is 16.9. The van der Waals surface area contributed by atoms with Crippen LogP contribution in [0.4, 0.5) is 0 Å². The molecular weight excluding hydrogens is 467 g/mol. The van der Waals surface area contributed by atoms with Crippen molar-refractivity contribution in [2.24, 2.45) is 0 Å². The van der Waals surface area contributed by atoms with Crippen molar-refractivity contribution in [2.45, 2.75) is 6.92 Å². The molecule has 0 radical (unpaired) electrons. The molecule has 0 amide bonds. The fraction of sp³-hybridized carbons (Fsp3) is 0.143. The normalized spacial score (nSPS) is 11.0. The van der Waals surface area contributed by atoms with Crippen LogP contribution in [0.15, 0.2) is 39.6 Å². The summed E-state index contributed by atoms with van der Waals surface area (Å²) in [7, 11) is 0. The maximum Gasteiger partial charge on any atom is 0.275 e. The van der Waals surface area contributed by atoms with Gasteiger partial charge in [-0.25, -0.2) is 0 Å². The fourth-order valence-corrected chi connectivity index (χ4v) is 3.77. The van der Waals surface area contributed by atoms with E-state index >= 15 is 0 Å². The molecule has 4 nitrogen and oxygen atoms in total. The maximum absolute atomic E-state index is 12.5. The Morgan fingerprint density at radius 2 is 2.10 bits per heavy atom. The van der Waals surface area contributed by atoms with Gasteiger partial charge in [0.05, 0.1) is 21.5 Å². The molecule has 0 unspecified atom stereocenters. The molecule has 0 atom stereocenters.